The number of rotatable bonds is 3. The number of aromatic carboxylic acids is 1. The molecule has 19 heavy (non-hydrogen) atoms. The Labute approximate surface area is 115 Å². The van der Waals surface area contributed by atoms with Crippen LogP contribution >= 0.6 is 11.3 Å². The maximum absolute atomic E-state index is 10.8. The molecule has 0 aliphatic heterocycles. The van der Waals surface area contributed by atoms with Crippen LogP contribution in [-0.2, 0) is 0 Å². The summed E-state index contributed by atoms with van der Waals surface area (Å²) >= 11 is 1.32. The number of carbonyl (C=O) groups is 1. The van der Waals surface area contributed by atoms with Gasteiger partial charge < -0.3 is 9.84 Å². The van der Waals surface area contributed by atoms with Crippen LogP contribution in [0.1, 0.15) is 31.3 Å². The molecule has 5 heteroatoms. The second-order valence-electron chi connectivity index (χ2n) is 5.08. The molecule has 0 unspecified atom stereocenters. The van der Waals surface area contributed by atoms with Gasteiger partial charge in [-0.05, 0) is 45.0 Å². The van der Waals surface area contributed by atoms with Crippen LogP contribution in [0.15, 0.2) is 29.6 Å². The summed E-state index contributed by atoms with van der Waals surface area (Å²) in [6.07, 6.45) is 0. The molecule has 1 aromatic carbocycles. The molecule has 0 bridgehead atoms. The van der Waals surface area contributed by atoms with Crippen LogP contribution in [-0.4, -0.2) is 21.7 Å². The van der Waals surface area contributed by atoms with Crippen molar-refractivity contribution >= 4 is 17.3 Å². The molecule has 2 rings (SSSR count). The van der Waals surface area contributed by atoms with Crippen molar-refractivity contribution in [1.29, 1.82) is 0 Å². The highest BCUT2D eigenvalue weighted by Crippen LogP contribution is 2.27. The molecule has 4 nitrogen and oxygen atoms in total. The first-order valence-electron chi connectivity index (χ1n) is 5.83. The molecule has 100 valence electrons. The van der Waals surface area contributed by atoms with Gasteiger partial charge in [0.15, 0.2) is 5.69 Å². The summed E-state index contributed by atoms with van der Waals surface area (Å²) in [4.78, 5) is 14.8. The second-order valence-corrected chi connectivity index (χ2v) is 5.94. The first-order valence-corrected chi connectivity index (χ1v) is 6.71. The van der Waals surface area contributed by atoms with Crippen LogP contribution in [0.5, 0.6) is 5.75 Å². The third-order valence-electron chi connectivity index (χ3n) is 2.25. The molecule has 0 radical (unpaired) electrons. The Kier molecular flexibility index (Phi) is 3.57. The van der Waals surface area contributed by atoms with E-state index in [9.17, 15) is 4.79 Å². The van der Waals surface area contributed by atoms with Crippen molar-refractivity contribution in [3.8, 4) is 16.3 Å². The van der Waals surface area contributed by atoms with Gasteiger partial charge in [0.05, 0.1) is 0 Å². The van der Waals surface area contributed by atoms with Gasteiger partial charge in [0, 0.05) is 10.9 Å². The molecule has 0 spiro atoms. The zero-order valence-corrected chi connectivity index (χ0v) is 11.8. The monoisotopic (exact) mass is 277 g/mol. The largest absolute Gasteiger partial charge is 0.488 e. The summed E-state index contributed by atoms with van der Waals surface area (Å²) in [6, 6.07) is 7.49. The number of hydrogen-bond acceptors (Lipinski definition) is 4. The summed E-state index contributed by atoms with van der Waals surface area (Å²) in [7, 11) is 0. The Morgan fingerprint density at radius 1 is 1.26 bits per heavy atom. The highest BCUT2D eigenvalue weighted by atomic mass is 32.1. The molecular formula is C14H15NO3S. The van der Waals surface area contributed by atoms with Crippen molar-refractivity contribution in [3.05, 3.63) is 35.3 Å². The molecule has 0 saturated carbocycles. The summed E-state index contributed by atoms with van der Waals surface area (Å²) in [5, 5.41) is 11.1. The Balaban J connectivity index is 2.20. The minimum absolute atomic E-state index is 0.0787. The highest BCUT2D eigenvalue weighted by Gasteiger charge is 2.13. The molecule has 0 amide bonds. The van der Waals surface area contributed by atoms with E-state index in [0.29, 0.717) is 5.01 Å². The van der Waals surface area contributed by atoms with Crippen molar-refractivity contribution in [3.63, 3.8) is 0 Å². The van der Waals surface area contributed by atoms with Crippen LogP contribution in [0, 0.1) is 0 Å². The lowest BCUT2D eigenvalue weighted by atomic mass is 10.2. The van der Waals surface area contributed by atoms with Gasteiger partial charge in [0.25, 0.3) is 0 Å². The summed E-state index contributed by atoms with van der Waals surface area (Å²) in [5.41, 5.74) is 0.730. The molecule has 0 atom stereocenters. The number of hydrogen-bond donors (Lipinski definition) is 1. The standard InChI is InChI=1S/C14H15NO3S/c1-14(2,3)18-10-6-4-9(5-7-10)12-15-11(8-19-12)13(16)17/h4-8H,1-3H3,(H,16,17). The summed E-state index contributed by atoms with van der Waals surface area (Å²) in [5.74, 6) is -0.221. The fourth-order valence-corrected chi connectivity index (χ4v) is 2.32. The second kappa shape index (κ2) is 5.01. The summed E-state index contributed by atoms with van der Waals surface area (Å²) < 4.78 is 5.72. The van der Waals surface area contributed by atoms with Crippen LogP contribution < -0.4 is 4.74 Å². The fraction of sp³-hybridized carbons (Fsp3) is 0.286. The third-order valence-corrected chi connectivity index (χ3v) is 3.14. The van der Waals surface area contributed by atoms with E-state index in [0.717, 1.165) is 11.3 Å². The van der Waals surface area contributed by atoms with Crippen molar-refractivity contribution in [2.75, 3.05) is 0 Å². The average Bonchev–Trinajstić information content (AvgIpc) is 2.77. The van der Waals surface area contributed by atoms with Gasteiger partial charge in [-0.25, -0.2) is 9.78 Å². The SMILES string of the molecule is CC(C)(C)Oc1ccc(-c2nc(C(=O)O)cs2)cc1. The Bertz CT molecular complexity index is 581. The maximum Gasteiger partial charge on any atom is 0.355 e. The molecule has 2 aromatic rings. The summed E-state index contributed by atoms with van der Waals surface area (Å²) in [6.45, 7) is 5.96. The normalized spacial score (nSPS) is 11.3. The number of nitrogens with zero attached hydrogens (tertiary/aromatic N) is 1. The quantitative estimate of drug-likeness (QED) is 0.929. The van der Waals surface area contributed by atoms with Gasteiger partial charge in [0.1, 0.15) is 16.4 Å². The average molecular weight is 277 g/mol. The van der Waals surface area contributed by atoms with Crippen LogP contribution in [0.2, 0.25) is 0 Å². The topological polar surface area (TPSA) is 59.4 Å². The predicted molar refractivity (Wildman–Crippen MR) is 74.9 cm³/mol. The van der Waals surface area contributed by atoms with E-state index >= 15 is 0 Å². The van der Waals surface area contributed by atoms with Crippen LogP contribution in [0.4, 0.5) is 0 Å². The number of carboxylic acid groups (broad SMARTS) is 1. The molecule has 1 heterocycles. The number of thiazole rings is 1. The van der Waals surface area contributed by atoms with Gasteiger partial charge >= 0.3 is 5.97 Å². The lowest BCUT2D eigenvalue weighted by molar-refractivity contribution is 0.0691. The van der Waals surface area contributed by atoms with Crippen molar-refractivity contribution in [1.82, 2.24) is 4.98 Å². The van der Waals surface area contributed by atoms with E-state index in [2.05, 4.69) is 4.98 Å². The predicted octanol–water partition coefficient (Wildman–Crippen LogP) is 3.69. The van der Waals surface area contributed by atoms with E-state index in [1.807, 2.05) is 45.0 Å². The van der Waals surface area contributed by atoms with Crippen molar-refractivity contribution in [2.24, 2.45) is 0 Å². The molecule has 1 aromatic heterocycles. The molecular weight excluding hydrogens is 262 g/mol. The van der Waals surface area contributed by atoms with Gasteiger partial charge in [-0.1, -0.05) is 0 Å². The minimum atomic E-state index is -1.00. The fourth-order valence-electron chi connectivity index (χ4n) is 1.52. The Morgan fingerprint density at radius 3 is 2.37 bits per heavy atom. The van der Waals surface area contributed by atoms with E-state index in [-0.39, 0.29) is 11.3 Å². The van der Waals surface area contributed by atoms with E-state index in [1.54, 1.807) is 0 Å². The van der Waals surface area contributed by atoms with E-state index in [1.165, 1.54) is 16.7 Å². The van der Waals surface area contributed by atoms with Gasteiger partial charge in [0.2, 0.25) is 0 Å². The number of benzene rings is 1. The van der Waals surface area contributed by atoms with Crippen molar-refractivity contribution in [2.45, 2.75) is 26.4 Å². The lowest BCUT2D eigenvalue weighted by Crippen LogP contribution is -2.22. The van der Waals surface area contributed by atoms with Gasteiger partial charge in [-0.2, -0.15) is 0 Å². The molecule has 0 aliphatic rings. The molecule has 0 fully saturated rings. The molecule has 1 N–H and O–H groups in total. The van der Waals surface area contributed by atoms with Crippen LogP contribution in [0.3, 0.4) is 0 Å². The Hall–Kier alpha value is -1.88. The van der Waals surface area contributed by atoms with Crippen LogP contribution in [0.25, 0.3) is 10.6 Å². The zero-order chi connectivity index (χ0) is 14.0. The molecule has 0 aliphatic carbocycles. The molecule has 0 saturated heterocycles. The minimum Gasteiger partial charge on any atom is -0.488 e. The zero-order valence-electron chi connectivity index (χ0n) is 11.0. The third kappa shape index (κ3) is 3.54. The number of ether oxygens (including phenoxy) is 1. The smallest absolute Gasteiger partial charge is 0.355 e. The highest BCUT2D eigenvalue weighted by molar-refractivity contribution is 7.13. The number of carboxylic acids is 1. The van der Waals surface area contributed by atoms with E-state index in [4.69, 9.17) is 9.84 Å². The first-order chi connectivity index (χ1) is 8.85. The maximum atomic E-state index is 10.8. The van der Waals surface area contributed by atoms with E-state index < -0.39 is 5.97 Å². The Morgan fingerprint density at radius 2 is 1.89 bits per heavy atom. The number of aromatic nitrogens is 1. The lowest BCUT2D eigenvalue weighted by Gasteiger charge is -2.21. The van der Waals surface area contributed by atoms with Gasteiger partial charge in [-0.15, -0.1) is 11.3 Å². The van der Waals surface area contributed by atoms with Crippen molar-refractivity contribution < 1.29 is 14.6 Å². The van der Waals surface area contributed by atoms with Gasteiger partial charge in [-0.3, -0.25) is 0 Å². The first kappa shape index (κ1) is 13.5.